The van der Waals surface area contributed by atoms with E-state index in [0.717, 1.165) is 31.7 Å². The van der Waals surface area contributed by atoms with Crippen molar-refractivity contribution in [2.45, 2.75) is 39.8 Å². The number of aryl methyl sites for hydroxylation is 1. The largest absolute Gasteiger partial charge is 0.354 e. The fourth-order valence-electron chi connectivity index (χ4n) is 4.09. The molecule has 0 fully saturated rings. The van der Waals surface area contributed by atoms with Gasteiger partial charge in [-0.15, -0.1) is 0 Å². The molecule has 0 aliphatic heterocycles. The molecule has 208 valence electrons. The average Bonchev–Trinajstić information content (AvgIpc) is 2.89. The summed E-state index contributed by atoms with van der Waals surface area (Å²) in [5.41, 5.74) is 3.08. The number of rotatable bonds is 12. The first-order valence-electron chi connectivity index (χ1n) is 12.8. The number of nitrogens with one attached hydrogen (secondary N) is 1. The molecule has 39 heavy (non-hydrogen) atoms. The number of hydrogen-bond acceptors (Lipinski definition) is 4. The molecule has 3 aromatic carbocycles. The standard InChI is InChI=1S/C30H36BrN3O4S/c1-22(2)19-32-30(36)28(18-24-8-6-5-7-9-24)33(20-25-12-14-26(31)15-13-25)29(35)21-34(39(4,37)38)27-16-10-23(3)11-17-27/h5-17,22,28H,18-21H2,1-4H3,(H,32,36)/t28-/m1/s1. The minimum Gasteiger partial charge on any atom is -0.354 e. The van der Waals surface area contributed by atoms with Crippen LogP contribution in [0.4, 0.5) is 5.69 Å². The molecule has 0 heterocycles. The summed E-state index contributed by atoms with van der Waals surface area (Å²) in [6.07, 6.45) is 1.37. The summed E-state index contributed by atoms with van der Waals surface area (Å²) in [7, 11) is -3.79. The predicted molar refractivity (Wildman–Crippen MR) is 160 cm³/mol. The van der Waals surface area contributed by atoms with E-state index in [1.165, 1.54) is 4.90 Å². The number of benzene rings is 3. The van der Waals surface area contributed by atoms with Crippen molar-refractivity contribution in [1.29, 1.82) is 0 Å². The van der Waals surface area contributed by atoms with Crippen molar-refractivity contribution in [2.24, 2.45) is 5.92 Å². The monoisotopic (exact) mass is 613 g/mol. The highest BCUT2D eigenvalue weighted by molar-refractivity contribution is 9.10. The SMILES string of the molecule is Cc1ccc(N(CC(=O)N(Cc2ccc(Br)cc2)[C@H](Cc2ccccc2)C(=O)NCC(C)C)S(C)(=O)=O)cc1. The van der Waals surface area contributed by atoms with E-state index in [4.69, 9.17) is 0 Å². The van der Waals surface area contributed by atoms with Gasteiger partial charge in [0, 0.05) is 24.0 Å². The number of nitrogens with zero attached hydrogens (tertiary/aromatic N) is 2. The maximum atomic E-state index is 14.0. The first-order valence-corrected chi connectivity index (χ1v) is 15.5. The second-order valence-corrected chi connectivity index (χ2v) is 12.9. The van der Waals surface area contributed by atoms with Crippen molar-refractivity contribution in [3.63, 3.8) is 0 Å². The van der Waals surface area contributed by atoms with E-state index in [9.17, 15) is 18.0 Å². The van der Waals surface area contributed by atoms with Crippen molar-refractivity contribution in [3.8, 4) is 0 Å². The Morgan fingerprint density at radius 2 is 1.51 bits per heavy atom. The number of sulfonamides is 1. The van der Waals surface area contributed by atoms with Crippen LogP contribution in [0.2, 0.25) is 0 Å². The average molecular weight is 615 g/mol. The van der Waals surface area contributed by atoms with Gasteiger partial charge < -0.3 is 10.2 Å². The van der Waals surface area contributed by atoms with Gasteiger partial charge in [-0.2, -0.15) is 0 Å². The molecule has 0 aliphatic carbocycles. The highest BCUT2D eigenvalue weighted by atomic mass is 79.9. The number of carbonyl (C=O) groups excluding carboxylic acids is 2. The molecule has 7 nitrogen and oxygen atoms in total. The maximum Gasteiger partial charge on any atom is 0.244 e. The van der Waals surface area contributed by atoms with Gasteiger partial charge in [-0.05, 0) is 48.2 Å². The van der Waals surface area contributed by atoms with Gasteiger partial charge in [0.25, 0.3) is 0 Å². The highest BCUT2D eigenvalue weighted by Gasteiger charge is 2.33. The smallest absolute Gasteiger partial charge is 0.244 e. The van der Waals surface area contributed by atoms with Crippen LogP contribution < -0.4 is 9.62 Å². The fraction of sp³-hybridized carbons (Fsp3) is 0.333. The molecular formula is C30H36BrN3O4S. The summed E-state index contributed by atoms with van der Waals surface area (Å²) in [6.45, 7) is 6.09. The molecule has 0 aromatic heterocycles. The lowest BCUT2D eigenvalue weighted by molar-refractivity contribution is -0.140. The molecule has 0 spiro atoms. The molecule has 2 amide bonds. The van der Waals surface area contributed by atoms with Crippen molar-refractivity contribution < 1.29 is 18.0 Å². The van der Waals surface area contributed by atoms with Crippen LogP contribution in [0.1, 0.15) is 30.5 Å². The van der Waals surface area contributed by atoms with E-state index in [1.807, 2.05) is 75.4 Å². The lowest BCUT2D eigenvalue weighted by atomic mass is 10.0. The fourth-order valence-corrected chi connectivity index (χ4v) is 5.20. The molecule has 0 aliphatic rings. The Hall–Kier alpha value is -3.17. The summed E-state index contributed by atoms with van der Waals surface area (Å²) < 4.78 is 27.6. The lowest BCUT2D eigenvalue weighted by Gasteiger charge is -2.33. The van der Waals surface area contributed by atoms with Gasteiger partial charge in [-0.1, -0.05) is 89.9 Å². The van der Waals surface area contributed by atoms with Gasteiger partial charge in [0.1, 0.15) is 12.6 Å². The van der Waals surface area contributed by atoms with E-state index < -0.39 is 28.5 Å². The van der Waals surface area contributed by atoms with Gasteiger partial charge >= 0.3 is 0 Å². The number of hydrogen-bond donors (Lipinski definition) is 1. The highest BCUT2D eigenvalue weighted by Crippen LogP contribution is 2.21. The van der Waals surface area contributed by atoms with Crippen molar-refractivity contribution in [1.82, 2.24) is 10.2 Å². The summed E-state index contributed by atoms with van der Waals surface area (Å²) >= 11 is 3.44. The minimum atomic E-state index is -3.79. The molecule has 0 unspecified atom stereocenters. The molecule has 0 saturated heterocycles. The number of anilines is 1. The van der Waals surface area contributed by atoms with E-state index in [-0.39, 0.29) is 24.8 Å². The van der Waals surface area contributed by atoms with Gasteiger partial charge in [-0.25, -0.2) is 8.42 Å². The Morgan fingerprint density at radius 3 is 2.08 bits per heavy atom. The normalized spacial score (nSPS) is 12.2. The molecule has 0 bridgehead atoms. The zero-order valence-electron chi connectivity index (χ0n) is 22.8. The first kappa shape index (κ1) is 30.4. The lowest BCUT2D eigenvalue weighted by Crippen LogP contribution is -2.53. The van der Waals surface area contributed by atoms with Crippen molar-refractivity contribution in [2.75, 3.05) is 23.7 Å². The molecule has 1 atom stereocenters. The van der Waals surface area contributed by atoms with Crippen LogP contribution in [0.5, 0.6) is 0 Å². The Kier molecular flexibility index (Phi) is 10.7. The van der Waals surface area contributed by atoms with Gasteiger partial charge in [0.05, 0.1) is 11.9 Å². The summed E-state index contributed by atoms with van der Waals surface area (Å²) in [4.78, 5) is 29.1. The minimum absolute atomic E-state index is 0.143. The Balaban J connectivity index is 2.03. The van der Waals surface area contributed by atoms with Gasteiger partial charge in [0.15, 0.2) is 0 Å². The second kappa shape index (κ2) is 13.8. The molecule has 3 aromatic rings. The van der Waals surface area contributed by atoms with Crippen LogP contribution in [-0.4, -0.2) is 50.5 Å². The van der Waals surface area contributed by atoms with Gasteiger partial charge in [-0.3, -0.25) is 13.9 Å². The predicted octanol–water partition coefficient (Wildman–Crippen LogP) is 4.94. The molecule has 3 rings (SSSR count). The maximum absolute atomic E-state index is 14.0. The van der Waals surface area contributed by atoms with Gasteiger partial charge in [0.2, 0.25) is 21.8 Å². The zero-order chi connectivity index (χ0) is 28.6. The zero-order valence-corrected chi connectivity index (χ0v) is 25.2. The number of halogens is 1. The topological polar surface area (TPSA) is 86.8 Å². The van der Waals surface area contributed by atoms with Crippen LogP contribution in [0.15, 0.2) is 83.3 Å². The Labute approximate surface area is 240 Å². The Morgan fingerprint density at radius 1 is 0.897 bits per heavy atom. The van der Waals surface area contributed by atoms with Crippen LogP contribution in [0.25, 0.3) is 0 Å². The first-order chi connectivity index (χ1) is 18.4. The van der Waals surface area contributed by atoms with E-state index in [1.54, 1.807) is 24.3 Å². The van der Waals surface area contributed by atoms with E-state index in [0.29, 0.717) is 12.2 Å². The molecule has 0 radical (unpaired) electrons. The summed E-state index contributed by atoms with van der Waals surface area (Å²) in [5, 5.41) is 2.98. The quantitative estimate of drug-likeness (QED) is 0.314. The second-order valence-electron chi connectivity index (χ2n) is 10.1. The van der Waals surface area contributed by atoms with Crippen LogP contribution >= 0.6 is 15.9 Å². The number of carbonyl (C=O) groups is 2. The molecule has 1 N–H and O–H groups in total. The van der Waals surface area contributed by atoms with Crippen molar-refractivity contribution >= 4 is 43.5 Å². The molecule has 0 saturated carbocycles. The van der Waals surface area contributed by atoms with Crippen LogP contribution in [0.3, 0.4) is 0 Å². The number of amides is 2. The van der Waals surface area contributed by atoms with Crippen molar-refractivity contribution in [3.05, 3.63) is 100 Å². The van der Waals surface area contributed by atoms with E-state index in [2.05, 4.69) is 21.2 Å². The third-order valence-electron chi connectivity index (χ3n) is 6.22. The Bertz CT molecular complexity index is 1350. The third kappa shape index (κ3) is 9.21. The van der Waals surface area contributed by atoms with Crippen LogP contribution in [0, 0.1) is 12.8 Å². The summed E-state index contributed by atoms with van der Waals surface area (Å²) in [5.74, 6) is -0.520. The summed E-state index contributed by atoms with van der Waals surface area (Å²) in [6, 6.07) is 23.1. The van der Waals surface area contributed by atoms with E-state index >= 15 is 0 Å². The molecule has 9 heteroatoms. The van der Waals surface area contributed by atoms with Crippen LogP contribution in [-0.2, 0) is 32.6 Å². The molecular weight excluding hydrogens is 578 g/mol. The third-order valence-corrected chi connectivity index (χ3v) is 7.89.